The Kier molecular flexibility index (Phi) is 6.32. The molecule has 7 nitrogen and oxygen atoms in total. The first-order valence-corrected chi connectivity index (χ1v) is 9.41. The molecule has 0 spiro atoms. The van der Waals surface area contributed by atoms with Gasteiger partial charge in [0.15, 0.2) is 0 Å². The van der Waals surface area contributed by atoms with E-state index in [4.69, 9.17) is 4.74 Å². The molecule has 0 amide bonds. The Labute approximate surface area is 155 Å². The van der Waals surface area contributed by atoms with Crippen molar-refractivity contribution < 1.29 is 4.74 Å². The summed E-state index contributed by atoms with van der Waals surface area (Å²) in [5.74, 6) is 3.97. The van der Waals surface area contributed by atoms with Crippen molar-refractivity contribution in [3.63, 3.8) is 0 Å². The second kappa shape index (κ2) is 9.10. The summed E-state index contributed by atoms with van der Waals surface area (Å²) >= 11 is 1.76. The summed E-state index contributed by atoms with van der Waals surface area (Å²) in [6.07, 6.45) is 5.72. The largest absolute Gasteiger partial charge is 0.497 e. The van der Waals surface area contributed by atoms with Crippen LogP contribution in [0.1, 0.15) is 17.0 Å². The van der Waals surface area contributed by atoms with Gasteiger partial charge in [-0.1, -0.05) is 12.1 Å². The molecular formula is C18H21N5O2S. The van der Waals surface area contributed by atoms with Crippen molar-refractivity contribution >= 4 is 17.7 Å². The number of hydrogen-bond donors (Lipinski definition) is 3. The molecule has 2 aromatic heterocycles. The van der Waals surface area contributed by atoms with E-state index in [0.717, 1.165) is 28.6 Å². The van der Waals surface area contributed by atoms with Crippen molar-refractivity contribution in [1.29, 1.82) is 0 Å². The molecule has 0 saturated heterocycles. The Balaban J connectivity index is 1.48. The maximum atomic E-state index is 12.2. The number of aromatic nitrogens is 4. The highest BCUT2D eigenvalue weighted by Crippen LogP contribution is 2.13. The zero-order chi connectivity index (χ0) is 18.2. The molecule has 0 fully saturated rings. The number of thioether (sulfide) groups is 1. The van der Waals surface area contributed by atoms with Crippen LogP contribution in [0.2, 0.25) is 0 Å². The third-order valence-corrected chi connectivity index (χ3v) is 4.73. The Bertz CT molecular complexity index is 862. The van der Waals surface area contributed by atoms with Crippen LogP contribution in [0.25, 0.3) is 0 Å². The number of rotatable bonds is 9. The van der Waals surface area contributed by atoms with E-state index in [2.05, 4.69) is 25.3 Å². The summed E-state index contributed by atoms with van der Waals surface area (Å²) in [6.45, 7) is 0.714. The highest BCUT2D eigenvalue weighted by molar-refractivity contribution is 7.98. The van der Waals surface area contributed by atoms with E-state index in [0.29, 0.717) is 24.5 Å². The Hall–Kier alpha value is -2.74. The summed E-state index contributed by atoms with van der Waals surface area (Å²) in [4.78, 5) is 26.6. The van der Waals surface area contributed by atoms with Crippen LogP contribution in [0.3, 0.4) is 0 Å². The van der Waals surface area contributed by atoms with Crippen LogP contribution in [-0.4, -0.2) is 39.3 Å². The van der Waals surface area contributed by atoms with Crippen LogP contribution < -0.4 is 15.6 Å². The van der Waals surface area contributed by atoms with Crippen molar-refractivity contribution in [3.8, 4) is 5.75 Å². The zero-order valence-corrected chi connectivity index (χ0v) is 15.3. The third kappa shape index (κ3) is 5.13. The van der Waals surface area contributed by atoms with Gasteiger partial charge in [-0.25, -0.2) is 9.97 Å². The highest BCUT2D eigenvalue weighted by Gasteiger charge is 2.05. The second-order valence-corrected chi connectivity index (χ2v) is 6.73. The van der Waals surface area contributed by atoms with Crippen molar-refractivity contribution in [1.82, 2.24) is 19.9 Å². The van der Waals surface area contributed by atoms with Gasteiger partial charge in [0.1, 0.15) is 11.6 Å². The number of H-pyrrole nitrogens is 2. The summed E-state index contributed by atoms with van der Waals surface area (Å²) in [5.41, 5.74) is 1.54. The van der Waals surface area contributed by atoms with Gasteiger partial charge < -0.3 is 15.0 Å². The van der Waals surface area contributed by atoms with Crippen LogP contribution in [0.15, 0.2) is 47.7 Å². The SMILES string of the molecule is COc1ccc(Cc2cnc(NCCSCc3ncc[nH]3)[nH]c2=O)cc1. The molecule has 8 heteroatoms. The molecule has 0 aliphatic rings. The number of nitrogens with zero attached hydrogens (tertiary/aromatic N) is 2. The fourth-order valence-corrected chi connectivity index (χ4v) is 3.13. The predicted octanol–water partition coefficient (Wildman–Crippen LogP) is 2.44. The van der Waals surface area contributed by atoms with Crippen LogP contribution in [0.4, 0.5) is 5.95 Å². The quantitative estimate of drug-likeness (QED) is 0.500. The first-order valence-electron chi connectivity index (χ1n) is 8.25. The normalized spacial score (nSPS) is 10.7. The topological polar surface area (TPSA) is 95.7 Å². The Morgan fingerprint density at radius 2 is 2.08 bits per heavy atom. The highest BCUT2D eigenvalue weighted by atomic mass is 32.2. The molecule has 2 heterocycles. The number of hydrogen-bond acceptors (Lipinski definition) is 6. The number of aromatic amines is 2. The summed E-state index contributed by atoms with van der Waals surface area (Å²) < 4.78 is 5.14. The van der Waals surface area contributed by atoms with E-state index < -0.39 is 0 Å². The minimum atomic E-state index is -0.124. The molecule has 0 aliphatic carbocycles. The van der Waals surface area contributed by atoms with Gasteiger partial charge in [-0.05, 0) is 17.7 Å². The minimum absolute atomic E-state index is 0.124. The standard InChI is InChI=1S/C18H21N5O2S/c1-25-15-4-2-13(3-5-15)10-14-11-22-18(23-17(14)24)21-8-9-26-12-16-19-6-7-20-16/h2-7,11H,8-10,12H2,1H3,(H,19,20)(H2,21,22,23,24). The van der Waals surface area contributed by atoms with Gasteiger partial charge >= 0.3 is 0 Å². The van der Waals surface area contributed by atoms with Crippen LogP contribution in [0, 0.1) is 0 Å². The monoisotopic (exact) mass is 371 g/mol. The van der Waals surface area contributed by atoms with Gasteiger partial charge in [0.2, 0.25) is 5.95 Å². The van der Waals surface area contributed by atoms with Crippen LogP contribution >= 0.6 is 11.8 Å². The first-order chi connectivity index (χ1) is 12.7. The summed E-state index contributed by atoms with van der Waals surface area (Å²) in [7, 11) is 1.63. The van der Waals surface area contributed by atoms with Gasteiger partial charge in [-0.3, -0.25) is 9.78 Å². The zero-order valence-electron chi connectivity index (χ0n) is 14.5. The average molecular weight is 371 g/mol. The van der Waals surface area contributed by atoms with Crippen LogP contribution in [0.5, 0.6) is 5.75 Å². The van der Waals surface area contributed by atoms with Gasteiger partial charge in [0.25, 0.3) is 5.56 Å². The smallest absolute Gasteiger partial charge is 0.255 e. The molecule has 3 rings (SSSR count). The maximum Gasteiger partial charge on any atom is 0.255 e. The molecule has 1 aromatic carbocycles. The molecule has 3 aromatic rings. The lowest BCUT2D eigenvalue weighted by Crippen LogP contribution is -2.18. The first kappa shape index (κ1) is 18.1. The van der Waals surface area contributed by atoms with E-state index in [1.165, 1.54) is 0 Å². The number of imidazole rings is 1. The molecule has 0 saturated carbocycles. The molecular weight excluding hydrogens is 350 g/mol. The molecule has 0 atom stereocenters. The molecule has 0 bridgehead atoms. The van der Waals surface area contributed by atoms with Gasteiger partial charge in [0, 0.05) is 42.9 Å². The minimum Gasteiger partial charge on any atom is -0.497 e. The Morgan fingerprint density at radius 3 is 2.77 bits per heavy atom. The lowest BCUT2D eigenvalue weighted by Gasteiger charge is -2.07. The van der Waals surface area contributed by atoms with E-state index in [1.54, 1.807) is 31.3 Å². The lowest BCUT2D eigenvalue weighted by molar-refractivity contribution is 0.414. The summed E-state index contributed by atoms with van der Waals surface area (Å²) in [5, 5.41) is 3.14. The van der Waals surface area contributed by atoms with Crippen molar-refractivity contribution in [3.05, 3.63) is 70.2 Å². The number of ether oxygens (including phenoxy) is 1. The number of methoxy groups -OCH3 is 1. The molecule has 3 N–H and O–H groups in total. The number of anilines is 1. The fraction of sp³-hybridized carbons (Fsp3) is 0.278. The lowest BCUT2D eigenvalue weighted by atomic mass is 10.1. The molecule has 0 aliphatic heterocycles. The number of benzene rings is 1. The van der Waals surface area contributed by atoms with Crippen molar-refractivity contribution in [2.45, 2.75) is 12.2 Å². The van der Waals surface area contributed by atoms with Gasteiger partial charge in [0.05, 0.1) is 12.9 Å². The van der Waals surface area contributed by atoms with Gasteiger partial charge in [-0.2, -0.15) is 11.8 Å². The third-order valence-electron chi connectivity index (χ3n) is 3.76. The van der Waals surface area contributed by atoms with E-state index in [9.17, 15) is 4.79 Å². The maximum absolute atomic E-state index is 12.2. The van der Waals surface area contributed by atoms with Crippen molar-refractivity contribution in [2.75, 3.05) is 24.7 Å². The number of nitrogens with one attached hydrogen (secondary N) is 3. The molecule has 136 valence electrons. The van der Waals surface area contributed by atoms with Crippen LogP contribution in [-0.2, 0) is 12.2 Å². The fourth-order valence-electron chi connectivity index (χ4n) is 2.39. The van der Waals surface area contributed by atoms with Crippen molar-refractivity contribution in [2.24, 2.45) is 0 Å². The second-order valence-electron chi connectivity index (χ2n) is 5.63. The average Bonchev–Trinajstić information content (AvgIpc) is 3.18. The van der Waals surface area contributed by atoms with E-state index >= 15 is 0 Å². The molecule has 0 radical (unpaired) electrons. The summed E-state index contributed by atoms with van der Waals surface area (Å²) in [6, 6.07) is 7.65. The van der Waals surface area contributed by atoms with E-state index in [-0.39, 0.29) is 5.56 Å². The molecule has 0 unspecified atom stereocenters. The Morgan fingerprint density at radius 1 is 1.23 bits per heavy atom. The van der Waals surface area contributed by atoms with E-state index in [1.807, 2.05) is 30.5 Å². The molecule has 26 heavy (non-hydrogen) atoms. The van der Waals surface area contributed by atoms with Gasteiger partial charge in [-0.15, -0.1) is 0 Å². The predicted molar refractivity (Wildman–Crippen MR) is 104 cm³/mol.